The van der Waals surface area contributed by atoms with Crippen LogP contribution in [0, 0.1) is 46.8 Å². The highest BCUT2D eigenvalue weighted by Crippen LogP contribution is 2.77. The van der Waals surface area contributed by atoms with Crippen LogP contribution in [0.15, 0.2) is 0 Å². The first-order valence-corrected chi connectivity index (χ1v) is 20.7. The summed E-state index contributed by atoms with van der Waals surface area (Å²) in [7, 11) is 0. The zero-order chi connectivity index (χ0) is 41.3. The smallest absolute Gasteiger partial charge is 0.342 e. The van der Waals surface area contributed by atoms with Gasteiger partial charge in [-0.2, -0.15) is 0 Å². The zero-order valence-electron chi connectivity index (χ0n) is 34.2. The van der Waals surface area contributed by atoms with E-state index in [1.54, 1.807) is 13.8 Å². The van der Waals surface area contributed by atoms with Crippen LogP contribution < -0.4 is 0 Å². The number of aliphatic hydroxyl groups excluding tert-OH is 1. The summed E-state index contributed by atoms with van der Waals surface area (Å²) >= 11 is 0. The summed E-state index contributed by atoms with van der Waals surface area (Å²) in [6.07, 6.45) is -4.21. The molecule has 0 unspecified atom stereocenters. The van der Waals surface area contributed by atoms with E-state index in [1.807, 2.05) is 13.8 Å². The molecule has 0 aromatic heterocycles. The molecule has 316 valence electrons. The number of hydrogen-bond acceptors (Lipinski definition) is 15. The van der Waals surface area contributed by atoms with E-state index in [-0.39, 0.29) is 25.3 Å². The quantitative estimate of drug-likeness (QED) is 0.174. The van der Waals surface area contributed by atoms with Crippen LogP contribution in [-0.2, 0) is 42.9 Å². The number of hydrogen-bond donors (Lipinski definition) is 5. The molecule has 4 saturated carbocycles. The van der Waals surface area contributed by atoms with Crippen molar-refractivity contribution in [1.82, 2.24) is 4.90 Å². The van der Waals surface area contributed by atoms with E-state index in [0.717, 1.165) is 20.3 Å². The highest BCUT2D eigenvalue weighted by atomic mass is 16.7. The van der Waals surface area contributed by atoms with Crippen molar-refractivity contribution >= 4 is 23.9 Å². The lowest BCUT2D eigenvalue weighted by Gasteiger charge is -2.64. The zero-order valence-corrected chi connectivity index (χ0v) is 34.2. The van der Waals surface area contributed by atoms with Gasteiger partial charge in [0.05, 0.1) is 29.1 Å². The molecule has 7 rings (SSSR count). The molecule has 15 nitrogen and oxygen atoms in total. The first-order chi connectivity index (χ1) is 25.9. The van der Waals surface area contributed by atoms with Gasteiger partial charge in [0.1, 0.15) is 17.8 Å². The Morgan fingerprint density at radius 2 is 1.66 bits per heavy atom. The second-order valence-corrected chi connectivity index (χ2v) is 19.3. The number of ether oxygens (including phenoxy) is 5. The second-order valence-electron chi connectivity index (χ2n) is 19.3. The molecular weight excluding hydrogens is 730 g/mol. The molecule has 0 radical (unpaired) electrons. The van der Waals surface area contributed by atoms with Gasteiger partial charge in [-0.25, -0.2) is 4.79 Å². The number of esters is 4. The second kappa shape index (κ2) is 13.6. The molecule has 0 aromatic carbocycles. The van der Waals surface area contributed by atoms with Crippen LogP contribution in [0.2, 0.25) is 0 Å². The Kier molecular flexibility index (Phi) is 10.1. The predicted molar refractivity (Wildman–Crippen MR) is 195 cm³/mol. The predicted octanol–water partition coefficient (Wildman–Crippen LogP) is 1.61. The van der Waals surface area contributed by atoms with Gasteiger partial charge in [-0.15, -0.1) is 0 Å². The third-order valence-electron chi connectivity index (χ3n) is 16.1. The van der Waals surface area contributed by atoms with Crippen molar-refractivity contribution in [1.29, 1.82) is 0 Å². The summed E-state index contributed by atoms with van der Waals surface area (Å²) in [5, 5.41) is 62.8. The van der Waals surface area contributed by atoms with Gasteiger partial charge < -0.3 is 49.2 Å². The average Bonchev–Trinajstić information content (AvgIpc) is 3.37. The normalized spacial score (nSPS) is 49.8. The maximum absolute atomic E-state index is 13.7. The standard InChI is InChI=1S/C41H63NO14/c1-10-20(3)34(46)55-33-31(45)30-24(18-42-17-19(2)11-12-28(42)38(30,9)49)25-16-39-32(40(25,33)50)26(53-23(6)44)15-27-36(39,7)14-13-29(41(27,51)56-39)54-35(47)37(8,48)21(4)52-22(5)43/h19-21,24-33,45,48-51H,10-18H2,1-9H3/t19-,20+,21+,24-,25-,26+,27-,28-,29-,30+,31+,32+,33-,36-,37-,38+,39+,40-,41-/m0/s1. The molecule has 15 heteroatoms. The summed E-state index contributed by atoms with van der Waals surface area (Å²) in [5.74, 6) is -9.57. The van der Waals surface area contributed by atoms with Gasteiger partial charge >= 0.3 is 23.9 Å². The fraction of sp³-hybridized carbons (Fsp3) is 0.902. The lowest BCUT2D eigenvalue weighted by atomic mass is 9.49. The molecule has 3 saturated heterocycles. The summed E-state index contributed by atoms with van der Waals surface area (Å²) in [6, 6.07) is -0.275. The Morgan fingerprint density at radius 1 is 0.982 bits per heavy atom. The molecule has 19 atom stereocenters. The Hall–Kier alpha value is -2.40. The highest BCUT2D eigenvalue weighted by molar-refractivity contribution is 5.80. The minimum Gasteiger partial charge on any atom is -0.462 e. The van der Waals surface area contributed by atoms with Crippen LogP contribution in [0.4, 0.5) is 0 Å². The molecule has 3 aliphatic heterocycles. The number of carbonyl (C=O) groups excluding carboxylic acids is 4. The minimum absolute atomic E-state index is 0.0258. The van der Waals surface area contributed by atoms with Crippen LogP contribution in [0.25, 0.3) is 0 Å². The fourth-order valence-electron chi connectivity index (χ4n) is 13.1. The molecule has 7 fully saturated rings. The van der Waals surface area contributed by atoms with E-state index < -0.39 is 124 Å². The van der Waals surface area contributed by atoms with Crippen molar-refractivity contribution < 1.29 is 68.4 Å². The Bertz CT molecular complexity index is 1620. The monoisotopic (exact) mass is 793 g/mol. The molecular formula is C41H63NO14. The molecule has 1 spiro atoms. The van der Waals surface area contributed by atoms with E-state index in [0.29, 0.717) is 38.3 Å². The minimum atomic E-state index is -2.28. The maximum atomic E-state index is 13.7. The average molecular weight is 794 g/mol. The van der Waals surface area contributed by atoms with Gasteiger partial charge in [0.15, 0.2) is 17.8 Å². The first kappa shape index (κ1) is 41.7. The third-order valence-corrected chi connectivity index (χ3v) is 16.1. The molecule has 7 aliphatic rings. The van der Waals surface area contributed by atoms with Crippen molar-refractivity contribution in [2.75, 3.05) is 13.1 Å². The topological polar surface area (TPSA) is 219 Å². The Morgan fingerprint density at radius 3 is 2.29 bits per heavy atom. The first-order valence-electron chi connectivity index (χ1n) is 20.7. The summed E-state index contributed by atoms with van der Waals surface area (Å²) < 4.78 is 30.3. The van der Waals surface area contributed by atoms with Crippen LogP contribution in [0.1, 0.15) is 107 Å². The molecule has 4 aliphatic carbocycles. The Balaban J connectivity index is 1.35. The summed E-state index contributed by atoms with van der Waals surface area (Å²) in [5.41, 5.74) is -8.17. The number of nitrogens with zero attached hydrogens (tertiary/aromatic N) is 1. The van der Waals surface area contributed by atoms with E-state index in [2.05, 4.69) is 11.8 Å². The SMILES string of the molecule is CC[C@@H](C)C(=O)O[C@H]1[C@H](O)[C@H]2[C@@H](CN3C[C@@H](C)CC[C@H]3[C@@]2(C)O)[C@@H]2C[C@]34O[C@]5(O)[C@@H](OC(=O)[C@@](C)(O)[C@@H](C)OC(C)=O)CC[C@@]3(C)[C@@H]5C[C@@H](OC(C)=O)[C@H]4[C@@]21O. The van der Waals surface area contributed by atoms with Gasteiger partial charge in [0.25, 0.3) is 0 Å². The van der Waals surface area contributed by atoms with Crippen molar-refractivity contribution in [2.45, 2.75) is 172 Å². The van der Waals surface area contributed by atoms with Crippen molar-refractivity contribution in [3.63, 3.8) is 0 Å². The van der Waals surface area contributed by atoms with E-state index in [4.69, 9.17) is 23.7 Å². The van der Waals surface area contributed by atoms with Gasteiger partial charge in [0.2, 0.25) is 5.79 Å². The van der Waals surface area contributed by atoms with Gasteiger partial charge in [-0.3, -0.25) is 19.3 Å². The van der Waals surface area contributed by atoms with Crippen molar-refractivity contribution in [3.05, 3.63) is 0 Å². The van der Waals surface area contributed by atoms with Crippen LogP contribution in [0.3, 0.4) is 0 Å². The largest absolute Gasteiger partial charge is 0.462 e. The molecule has 0 amide bonds. The number of piperidine rings is 2. The Labute approximate surface area is 328 Å². The molecule has 3 heterocycles. The van der Waals surface area contributed by atoms with Gasteiger partial charge in [-0.05, 0) is 83.5 Å². The molecule has 56 heavy (non-hydrogen) atoms. The lowest BCUT2D eigenvalue weighted by Crippen LogP contribution is -2.77. The number of aliphatic hydroxyl groups is 5. The van der Waals surface area contributed by atoms with Crippen LogP contribution >= 0.6 is 0 Å². The van der Waals surface area contributed by atoms with E-state index in [1.165, 1.54) is 13.8 Å². The molecule has 5 N–H and O–H groups in total. The number of fused-ring (bicyclic) bond motifs is 5. The van der Waals surface area contributed by atoms with E-state index >= 15 is 0 Å². The van der Waals surface area contributed by atoms with Crippen molar-refractivity contribution in [3.8, 4) is 0 Å². The van der Waals surface area contributed by atoms with Gasteiger partial charge in [0, 0.05) is 50.2 Å². The number of rotatable bonds is 8. The maximum Gasteiger partial charge on any atom is 0.342 e. The molecule has 4 bridgehead atoms. The van der Waals surface area contributed by atoms with Gasteiger partial charge in [-0.1, -0.05) is 27.7 Å². The van der Waals surface area contributed by atoms with Crippen LogP contribution in [-0.4, -0.2) is 132 Å². The number of carbonyl (C=O) groups is 4. The van der Waals surface area contributed by atoms with Crippen molar-refractivity contribution in [2.24, 2.45) is 46.8 Å². The third kappa shape index (κ3) is 5.67. The van der Waals surface area contributed by atoms with Crippen LogP contribution in [0.5, 0.6) is 0 Å². The van der Waals surface area contributed by atoms with E-state index in [9.17, 15) is 44.7 Å². The highest BCUT2D eigenvalue weighted by Gasteiger charge is 2.88. The lowest BCUT2D eigenvalue weighted by molar-refractivity contribution is -0.301. The summed E-state index contributed by atoms with van der Waals surface area (Å²) in [6.45, 7) is 15.4. The fourth-order valence-corrected chi connectivity index (χ4v) is 13.1. The summed E-state index contributed by atoms with van der Waals surface area (Å²) in [4.78, 5) is 54.2. The molecule has 0 aromatic rings.